The van der Waals surface area contributed by atoms with Crippen LogP contribution in [0.1, 0.15) is 85.0 Å². The van der Waals surface area contributed by atoms with E-state index in [9.17, 15) is 0 Å². The van der Waals surface area contributed by atoms with Crippen LogP contribution in [0.4, 0.5) is 0 Å². The van der Waals surface area contributed by atoms with Crippen molar-refractivity contribution in [2.75, 3.05) is 0 Å². The molecule has 2 aromatic heterocycles. The highest BCUT2D eigenvalue weighted by Gasteiger charge is 2.31. The van der Waals surface area contributed by atoms with Gasteiger partial charge in [-0.3, -0.25) is 0 Å². The second-order valence-electron chi connectivity index (χ2n) is 9.29. The summed E-state index contributed by atoms with van der Waals surface area (Å²) in [7, 11) is 2.08. The molecule has 0 N–H and O–H groups in total. The normalized spacial score (nSPS) is 13.2. The minimum absolute atomic E-state index is 0.246. The van der Waals surface area contributed by atoms with E-state index >= 15 is 0 Å². The molecular weight excluding hydrogens is 382 g/mol. The van der Waals surface area contributed by atoms with Crippen molar-refractivity contribution in [2.24, 2.45) is 7.05 Å². The third-order valence-electron chi connectivity index (χ3n) is 6.06. The molecule has 0 radical (unpaired) electrons. The van der Waals surface area contributed by atoms with Gasteiger partial charge >= 0.3 is 0 Å². The lowest BCUT2D eigenvalue weighted by atomic mass is 9.94. The smallest absolute Gasteiger partial charge is 0.232 e. The fourth-order valence-corrected chi connectivity index (χ4v) is 4.21. The zero-order chi connectivity index (χ0) is 22.4. The Labute approximate surface area is 185 Å². The van der Waals surface area contributed by atoms with E-state index in [1.54, 1.807) is 0 Å². The summed E-state index contributed by atoms with van der Waals surface area (Å²) in [5.74, 6) is 2.92. The van der Waals surface area contributed by atoms with E-state index in [0.29, 0.717) is 0 Å². The zero-order valence-corrected chi connectivity index (χ0v) is 19.9. The lowest BCUT2D eigenvalue weighted by molar-refractivity contribution is -0.663. The van der Waals surface area contributed by atoms with Crippen LogP contribution in [0.3, 0.4) is 0 Å². The molecule has 0 spiro atoms. The Hall–Kier alpha value is -2.95. The van der Waals surface area contributed by atoms with Gasteiger partial charge in [0.15, 0.2) is 11.5 Å². The molecule has 160 valence electrons. The predicted octanol–water partition coefficient (Wildman–Crippen LogP) is 4.92. The highest BCUT2D eigenvalue weighted by Crippen LogP contribution is 2.36. The van der Waals surface area contributed by atoms with E-state index in [1.807, 2.05) is 6.33 Å². The number of fused-ring (bicyclic) bond motifs is 1. The quantitative estimate of drug-likeness (QED) is 0.569. The Bertz CT molecular complexity index is 1180. The Balaban J connectivity index is 1.89. The lowest BCUT2D eigenvalue weighted by Crippen LogP contribution is -2.33. The van der Waals surface area contributed by atoms with Gasteiger partial charge in [0.1, 0.15) is 17.3 Å². The Kier molecular flexibility index (Phi) is 5.46. The summed E-state index contributed by atoms with van der Waals surface area (Å²) in [5, 5.41) is 0. The number of aromatic nitrogens is 5. The summed E-state index contributed by atoms with van der Waals surface area (Å²) in [6, 6.07) is 4.53. The number of rotatable bonds is 4. The van der Waals surface area contributed by atoms with Crippen LogP contribution in [0.5, 0.6) is 0 Å². The summed E-state index contributed by atoms with van der Waals surface area (Å²) in [6.45, 7) is 15.0. The van der Waals surface area contributed by atoms with E-state index in [0.717, 1.165) is 35.2 Å². The van der Waals surface area contributed by atoms with Crippen LogP contribution in [-0.4, -0.2) is 19.9 Å². The van der Waals surface area contributed by atoms with Gasteiger partial charge in [-0.05, 0) is 42.9 Å². The Morgan fingerprint density at radius 3 is 2.16 bits per heavy atom. The molecule has 0 saturated carbocycles. The van der Waals surface area contributed by atoms with E-state index in [1.165, 1.54) is 33.5 Å². The first-order chi connectivity index (χ1) is 14.7. The average molecular weight is 415 g/mol. The molecule has 0 bridgehead atoms. The Morgan fingerprint density at radius 2 is 1.55 bits per heavy atom. The van der Waals surface area contributed by atoms with Crippen LogP contribution in [0, 0.1) is 20.8 Å². The van der Waals surface area contributed by atoms with Gasteiger partial charge in [0.05, 0.1) is 18.2 Å². The fourth-order valence-electron chi connectivity index (χ4n) is 4.21. The number of aryl methyl sites for hydroxylation is 3. The van der Waals surface area contributed by atoms with Crippen LogP contribution >= 0.6 is 0 Å². The van der Waals surface area contributed by atoms with Crippen molar-refractivity contribution in [1.82, 2.24) is 19.9 Å². The van der Waals surface area contributed by atoms with Crippen molar-refractivity contribution in [3.05, 3.63) is 70.0 Å². The van der Waals surface area contributed by atoms with Gasteiger partial charge in [-0.25, -0.2) is 19.5 Å². The highest BCUT2D eigenvalue weighted by atomic mass is 15.1. The molecule has 0 atom stereocenters. The molecule has 0 aliphatic heterocycles. The maximum atomic E-state index is 4.83. The van der Waals surface area contributed by atoms with Crippen LogP contribution in [0.2, 0.25) is 0 Å². The van der Waals surface area contributed by atoms with Gasteiger partial charge in [-0.2, -0.15) is 0 Å². The highest BCUT2D eigenvalue weighted by molar-refractivity contribution is 5.83. The number of hydrogen-bond acceptors (Lipinski definition) is 4. The SMILES string of the molecule is Cc1cc(C)c(C)c(-c2c3c(nc[n+]2C)C(c2nc(C(C)C)nc(C(C)C)n2)=CC3)c1. The van der Waals surface area contributed by atoms with Gasteiger partial charge in [0.25, 0.3) is 6.33 Å². The third kappa shape index (κ3) is 3.78. The van der Waals surface area contributed by atoms with Crippen molar-refractivity contribution in [3.8, 4) is 11.3 Å². The molecule has 2 heterocycles. The molecule has 5 nitrogen and oxygen atoms in total. The first-order valence-electron chi connectivity index (χ1n) is 11.1. The van der Waals surface area contributed by atoms with Crippen molar-refractivity contribution in [2.45, 2.75) is 66.7 Å². The molecule has 31 heavy (non-hydrogen) atoms. The largest absolute Gasteiger partial charge is 0.287 e. The molecule has 3 aromatic rings. The van der Waals surface area contributed by atoms with Crippen molar-refractivity contribution in [3.63, 3.8) is 0 Å². The predicted molar refractivity (Wildman–Crippen MR) is 124 cm³/mol. The molecule has 5 heteroatoms. The van der Waals surface area contributed by atoms with Gasteiger partial charge < -0.3 is 0 Å². The maximum absolute atomic E-state index is 4.83. The van der Waals surface area contributed by atoms with Gasteiger partial charge in [-0.1, -0.05) is 45.4 Å². The lowest BCUT2D eigenvalue weighted by Gasteiger charge is -2.14. The molecule has 1 aliphatic carbocycles. The summed E-state index contributed by atoms with van der Waals surface area (Å²) >= 11 is 0. The first-order valence-corrected chi connectivity index (χ1v) is 11.1. The van der Waals surface area contributed by atoms with Crippen molar-refractivity contribution >= 4 is 5.57 Å². The second kappa shape index (κ2) is 7.95. The fraction of sp³-hybridized carbons (Fsp3) is 0.423. The molecular formula is C26H32N5+. The number of hydrogen-bond donors (Lipinski definition) is 0. The van der Waals surface area contributed by atoms with E-state index in [-0.39, 0.29) is 11.8 Å². The van der Waals surface area contributed by atoms with E-state index < -0.39 is 0 Å². The monoisotopic (exact) mass is 414 g/mol. The molecule has 1 aromatic carbocycles. The summed E-state index contributed by atoms with van der Waals surface area (Å²) in [5.41, 5.74) is 9.64. The minimum atomic E-state index is 0.246. The first kappa shape index (κ1) is 21.3. The number of benzene rings is 1. The molecule has 0 saturated heterocycles. The summed E-state index contributed by atoms with van der Waals surface area (Å²) in [4.78, 5) is 19.2. The van der Waals surface area contributed by atoms with Gasteiger partial charge in [0, 0.05) is 23.8 Å². The van der Waals surface area contributed by atoms with E-state index in [4.69, 9.17) is 19.9 Å². The van der Waals surface area contributed by atoms with Crippen LogP contribution in [0.25, 0.3) is 16.8 Å². The second-order valence-corrected chi connectivity index (χ2v) is 9.29. The average Bonchev–Trinajstić information content (AvgIpc) is 3.14. The third-order valence-corrected chi connectivity index (χ3v) is 6.06. The molecule has 0 amide bonds. The minimum Gasteiger partial charge on any atom is -0.232 e. The van der Waals surface area contributed by atoms with Crippen molar-refractivity contribution < 1.29 is 4.57 Å². The summed E-state index contributed by atoms with van der Waals surface area (Å²) in [6.07, 6.45) is 4.97. The molecule has 0 fully saturated rings. The number of allylic oxidation sites excluding steroid dienone is 1. The van der Waals surface area contributed by atoms with E-state index in [2.05, 4.69) is 78.3 Å². The van der Waals surface area contributed by atoms with Crippen LogP contribution < -0.4 is 4.57 Å². The van der Waals surface area contributed by atoms with Crippen LogP contribution in [0.15, 0.2) is 24.5 Å². The maximum Gasteiger partial charge on any atom is 0.287 e. The van der Waals surface area contributed by atoms with Crippen LogP contribution in [-0.2, 0) is 13.5 Å². The molecule has 0 unspecified atom stereocenters. The number of nitrogens with zero attached hydrogens (tertiary/aromatic N) is 5. The Morgan fingerprint density at radius 1 is 0.903 bits per heavy atom. The molecule has 1 aliphatic rings. The van der Waals surface area contributed by atoms with Gasteiger partial charge in [0.2, 0.25) is 0 Å². The standard InChI is InChI=1S/C26H32N5/c1-14(2)24-28-25(15(3)4)30-26(29-24)20-10-9-19-22(20)27-13-31(8)23(19)21-12-16(5)11-17(6)18(21)7/h10-15H,9H2,1-8H3/q+1. The van der Waals surface area contributed by atoms with Gasteiger partial charge in [-0.15, -0.1) is 0 Å². The topological polar surface area (TPSA) is 55.4 Å². The van der Waals surface area contributed by atoms with Crippen molar-refractivity contribution in [1.29, 1.82) is 0 Å². The molecule has 4 rings (SSSR count). The zero-order valence-electron chi connectivity index (χ0n) is 19.9. The summed E-state index contributed by atoms with van der Waals surface area (Å²) < 4.78 is 2.14.